The molecule has 0 N–H and O–H groups in total. The minimum atomic E-state index is -0.318. The van der Waals surface area contributed by atoms with Crippen molar-refractivity contribution in [2.24, 2.45) is 0 Å². The molecular weight excluding hydrogens is 215 g/mol. The van der Waals surface area contributed by atoms with Crippen LogP contribution < -0.4 is 5.59 Å². The Labute approximate surface area is 103 Å². The molecule has 1 aliphatic heterocycles. The summed E-state index contributed by atoms with van der Waals surface area (Å²) in [6.07, 6.45) is 0. The maximum Gasteiger partial charge on any atom is 0.514 e. The van der Waals surface area contributed by atoms with Crippen LogP contribution in [0.3, 0.4) is 0 Å². The van der Waals surface area contributed by atoms with Crippen LogP contribution in [0.4, 0.5) is 0 Å². The predicted octanol–water partition coefficient (Wildman–Crippen LogP) is 1.51. The van der Waals surface area contributed by atoms with Crippen molar-refractivity contribution < 1.29 is 9.31 Å². The van der Waals surface area contributed by atoms with E-state index in [1.54, 1.807) is 0 Å². The highest BCUT2D eigenvalue weighted by Gasteiger charge is 2.52. The molecule has 0 bridgehead atoms. The highest BCUT2D eigenvalue weighted by molar-refractivity contribution is 6.61. The molecule has 1 aromatic rings. The summed E-state index contributed by atoms with van der Waals surface area (Å²) < 4.78 is 14.0. The maximum atomic E-state index is 6.02. The molecule has 1 aromatic heterocycles. The first-order valence-corrected chi connectivity index (χ1v) is 6.17. The van der Waals surface area contributed by atoms with Crippen molar-refractivity contribution in [3.05, 3.63) is 11.8 Å². The zero-order chi connectivity index (χ0) is 12.8. The van der Waals surface area contributed by atoms with Gasteiger partial charge in [0.25, 0.3) is 0 Å². The van der Waals surface area contributed by atoms with Crippen LogP contribution in [-0.4, -0.2) is 28.1 Å². The average Bonchev–Trinajstić information content (AvgIpc) is 2.65. The topological polar surface area (TPSA) is 36.3 Å². The van der Waals surface area contributed by atoms with E-state index in [-0.39, 0.29) is 18.3 Å². The van der Waals surface area contributed by atoms with Gasteiger partial charge >= 0.3 is 7.12 Å². The summed E-state index contributed by atoms with van der Waals surface area (Å²) in [5, 5.41) is 4.43. The quantitative estimate of drug-likeness (QED) is 0.730. The van der Waals surface area contributed by atoms with E-state index in [2.05, 4.69) is 39.7 Å². The number of aryl methyl sites for hydroxylation is 2. The minimum Gasteiger partial charge on any atom is -0.398 e. The molecule has 17 heavy (non-hydrogen) atoms. The zero-order valence-corrected chi connectivity index (χ0v) is 11.6. The van der Waals surface area contributed by atoms with Crippen LogP contribution in [0.15, 0.2) is 6.07 Å². The summed E-state index contributed by atoms with van der Waals surface area (Å²) in [6.45, 7) is 13.1. The van der Waals surface area contributed by atoms with Gasteiger partial charge in [0.05, 0.1) is 22.5 Å². The van der Waals surface area contributed by atoms with Crippen molar-refractivity contribution >= 4 is 12.7 Å². The molecule has 1 saturated heterocycles. The Kier molecular flexibility index (Phi) is 2.87. The van der Waals surface area contributed by atoms with E-state index in [1.807, 2.05) is 17.7 Å². The van der Waals surface area contributed by atoms with Crippen LogP contribution in [0.2, 0.25) is 0 Å². The molecule has 0 amide bonds. The molecule has 2 rings (SSSR count). The molecular formula is C12H21BN2O2. The van der Waals surface area contributed by atoms with Gasteiger partial charge in [0.1, 0.15) is 0 Å². The molecule has 0 unspecified atom stereocenters. The smallest absolute Gasteiger partial charge is 0.398 e. The van der Waals surface area contributed by atoms with Crippen molar-refractivity contribution in [2.75, 3.05) is 0 Å². The third-order valence-corrected chi connectivity index (χ3v) is 3.73. The summed E-state index contributed by atoms with van der Waals surface area (Å²) in [6, 6.07) is 2.03. The van der Waals surface area contributed by atoms with Gasteiger partial charge in [-0.3, -0.25) is 4.68 Å². The van der Waals surface area contributed by atoms with E-state index in [0.717, 1.165) is 17.8 Å². The van der Waals surface area contributed by atoms with Gasteiger partial charge in [0.2, 0.25) is 0 Å². The highest BCUT2D eigenvalue weighted by atomic mass is 16.7. The predicted molar refractivity (Wildman–Crippen MR) is 68.4 cm³/mol. The summed E-state index contributed by atoms with van der Waals surface area (Å²) in [5.41, 5.74) is 1.41. The first-order chi connectivity index (χ1) is 7.77. The zero-order valence-electron chi connectivity index (χ0n) is 11.6. The average molecular weight is 236 g/mol. The van der Waals surface area contributed by atoms with Gasteiger partial charge in [0, 0.05) is 6.54 Å². The fourth-order valence-electron chi connectivity index (χ4n) is 1.97. The number of rotatable bonds is 2. The third kappa shape index (κ3) is 2.02. The van der Waals surface area contributed by atoms with Gasteiger partial charge in [-0.05, 0) is 47.6 Å². The van der Waals surface area contributed by atoms with Crippen molar-refractivity contribution in [3.8, 4) is 0 Å². The Balaban J connectivity index is 2.31. The molecule has 2 heterocycles. The van der Waals surface area contributed by atoms with Crippen molar-refractivity contribution in [3.63, 3.8) is 0 Å². The van der Waals surface area contributed by atoms with Crippen molar-refractivity contribution in [1.29, 1.82) is 0 Å². The molecule has 0 aromatic carbocycles. The molecule has 0 spiro atoms. The van der Waals surface area contributed by atoms with Gasteiger partial charge in [-0.15, -0.1) is 0 Å². The van der Waals surface area contributed by atoms with Crippen LogP contribution in [0.1, 0.15) is 40.3 Å². The van der Waals surface area contributed by atoms with Crippen molar-refractivity contribution in [2.45, 2.75) is 59.3 Å². The Hall–Kier alpha value is -0.805. The maximum absolute atomic E-state index is 6.02. The second-order valence-corrected chi connectivity index (χ2v) is 5.61. The Morgan fingerprint density at radius 1 is 1.24 bits per heavy atom. The van der Waals surface area contributed by atoms with E-state index >= 15 is 0 Å². The van der Waals surface area contributed by atoms with Gasteiger partial charge < -0.3 is 9.31 Å². The Bertz CT molecular complexity index is 410. The molecule has 0 saturated carbocycles. The van der Waals surface area contributed by atoms with Gasteiger partial charge in [-0.2, -0.15) is 5.10 Å². The van der Waals surface area contributed by atoms with E-state index in [0.29, 0.717) is 0 Å². The third-order valence-electron chi connectivity index (χ3n) is 3.73. The summed E-state index contributed by atoms with van der Waals surface area (Å²) >= 11 is 0. The van der Waals surface area contributed by atoms with E-state index in [1.165, 1.54) is 0 Å². The van der Waals surface area contributed by atoms with E-state index < -0.39 is 0 Å². The first kappa shape index (κ1) is 12.6. The lowest BCUT2D eigenvalue weighted by atomic mass is 9.84. The molecule has 0 aliphatic carbocycles. The van der Waals surface area contributed by atoms with Crippen LogP contribution in [0.5, 0.6) is 0 Å². The van der Waals surface area contributed by atoms with Crippen molar-refractivity contribution in [1.82, 2.24) is 9.78 Å². The Morgan fingerprint density at radius 3 is 2.24 bits per heavy atom. The number of aromatic nitrogens is 2. The lowest BCUT2D eigenvalue weighted by Crippen LogP contribution is -2.41. The molecule has 1 fully saturated rings. The molecule has 1 aliphatic rings. The second kappa shape index (κ2) is 3.85. The largest absolute Gasteiger partial charge is 0.514 e. The van der Waals surface area contributed by atoms with Crippen LogP contribution in [-0.2, 0) is 15.9 Å². The minimum absolute atomic E-state index is 0.297. The summed E-state index contributed by atoms with van der Waals surface area (Å²) in [4.78, 5) is 0. The highest BCUT2D eigenvalue weighted by Crippen LogP contribution is 2.36. The fourth-order valence-corrected chi connectivity index (χ4v) is 1.97. The number of hydrogen-bond acceptors (Lipinski definition) is 3. The lowest BCUT2D eigenvalue weighted by Gasteiger charge is -2.32. The summed E-state index contributed by atoms with van der Waals surface area (Å²) in [7, 11) is -0.318. The van der Waals surface area contributed by atoms with Gasteiger partial charge in [-0.25, -0.2) is 0 Å². The molecule has 4 nitrogen and oxygen atoms in total. The molecule has 0 atom stereocenters. The lowest BCUT2D eigenvalue weighted by molar-refractivity contribution is 0.00578. The second-order valence-electron chi connectivity index (χ2n) is 5.61. The van der Waals surface area contributed by atoms with E-state index in [4.69, 9.17) is 9.31 Å². The summed E-state index contributed by atoms with van der Waals surface area (Å²) in [5.74, 6) is 0. The molecule has 94 valence electrons. The van der Waals surface area contributed by atoms with E-state index in [9.17, 15) is 0 Å². The normalized spacial score (nSPS) is 22.1. The molecule has 5 heteroatoms. The first-order valence-electron chi connectivity index (χ1n) is 6.17. The number of hydrogen-bond donors (Lipinski definition) is 0. The number of nitrogens with zero attached hydrogens (tertiary/aromatic N) is 2. The SMILES string of the molecule is CCn1nc(C)cc1B1OC(C)(C)C(C)(C)O1. The standard InChI is InChI=1S/C12H21BN2O2/c1-7-15-10(8-9(2)14-15)13-16-11(3,4)12(5,6)17-13/h8H,7H2,1-6H3. The monoisotopic (exact) mass is 236 g/mol. The van der Waals surface area contributed by atoms with Gasteiger partial charge in [-0.1, -0.05) is 0 Å². The fraction of sp³-hybridized carbons (Fsp3) is 0.750. The van der Waals surface area contributed by atoms with Gasteiger partial charge in [0.15, 0.2) is 0 Å². The van der Waals surface area contributed by atoms with Crippen LogP contribution in [0.25, 0.3) is 0 Å². The molecule has 0 radical (unpaired) electrons. The van der Waals surface area contributed by atoms with Crippen LogP contribution >= 0.6 is 0 Å². The Morgan fingerprint density at radius 2 is 1.76 bits per heavy atom. The van der Waals surface area contributed by atoms with Crippen LogP contribution in [0, 0.1) is 6.92 Å².